The second kappa shape index (κ2) is 6.51. The Balaban J connectivity index is 1.63. The van der Waals surface area contributed by atoms with Crippen LogP contribution < -0.4 is 10.2 Å². The highest BCUT2D eigenvalue weighted by Crippen LogP contribution is 2.24. The zero-order valence-corrected chi connectivity index (χ0v) is 12.4. The van der Waals surface area contributed by atoms with Crippen LogP contribution in [0.15, 0.2) is 30.5 Å². The van der Waals surface area contributed by atoms with E-state index in [0.29, 0.717) is 13.0 Å². The summed E-state index contributed by atoms with van der Waals surface area (Å²) >= 11 is 0. The van der Waals surface area contributed by atoms with Crippen LogP contribution in [0, 0.1) is 0 Å². The molecule has 0 spiro atoms. The number of nitrogens with one attached hydrogen (secondary N) is 2. The van der Waals surface area contributed by atoms with E-state index in [4.69, 9.17) is 5.11 Å². The number of imidazole rings is 1. The molecule has 1 saturated heterocycles. The molecule has 1 amide bonds. The maximum Gasteiger partial charge on any atom is 0.404 e. The van der Waals surface area contributed by atoms with Gasteiger partial charge in [0.1, 0.15) is 5.82 Å². The van der Waals surface area contributed by atoms with Crippen molar-refractivity contribution >= 4 is 11.8 Å². The number of aromatic amines is 1. The Bertz CT molecular complexity index is 630. The molecule has 3 N–H and O–H groups in total. The van der Waals surface area contributed by atoms with Gasteiger partial charge in [-0.2, -0.15) is 0 Å². The number of nitrogens with zero attached hydrogens (tertiary/aromatic N) is 2. The van der Waals surface area contributed by atoms with Gasteiger partial charge in [-0.3, -0.25) is 0 Å². The number of benzene rings is 1. The van der Waals surface area contributed by atoms with Crippen LogP contribution in [0.1, 0.15) is 18.7 Å². The molecule has 6 nitrogen and oxygen atoms in total. The predicted molar refractivity (Wildman–Crippen MR) is 85.2 cm³/mol. The highest BCUT2D eigenvalue weighted by Gasteiger charge is 2.12. The molecule has 22 heavy (non-hydrogen) atoms. The van der Waals surface area contributed by atoms with Gasteiger partial charge in [0.15, 0.2) is 0 Å². The molecule has 3 rings (SSSR count). The number of amides is 1. The van der Waals surface area contributed by atoms with Gasteiger partial charge in [-0.25, -0.2) is 9.78 Å². The summed E-state index contributed by atoms with van der Waals surface area (Å²) in [5, 5.41) is 10.9. The second-order valence-electron chi connectivity index (χ2n) is 5.46. The van der Waals surface area contributed by atoms with Gasteiger partial charge in [-0.15, -0.1) is 0 Å². The molecule has 0 bridgehead atoms. The molecular formula is C16H20N4O2. The number of H-pyrrole nitrogens is 1. The summed E-state index contributed by atoms with van der Waals surface area (Å²) in [5.41, 5.74) is 3.22. The van der Waals surface area contributed by atoms with E-state index >= 15 is 0 Å². The van der Waals surface area contributed by atoms with Gasteiger partial charge in [0.25, 0.3) is 0 Å². The van der Waals surface area contributed by atoms with E-state index in [-0.39, 0.29) is 0 Å². The van der Waals surface area contributed by atoms with Crippen molar-refractivity contribution in [3.8, 4) is 11.3 Å². The topological polar surface area (TPSA) is 81.2 Å². The zero-order valence-electron chi connectivity index (χ0n) is 12.4. The summed E-state index contributed by atoms with van der Waals surface area (Å²) in [6.07, 6.45) is 3.95. The number of carbonyl (C=O) groups is 1. The molecule has 1 fully saturated rings. The van der Waals surface area contributed by atoms with Crippen molar-refractivity contribution in [2.24, 2.45) is 0 Å². The molecule has 2 heterocycles. The van der Waals surface area contributed by atoms with Gasteiger partial charge < -0.3 is 20.3 Å². The monoisotopic (exact) mass is 300 g/mol. The molecule has 0 radical (unpaired) electrons. The van der Waals surface area contributed by atoms with Crippen molar-refractivity contribution in [3.63, 3.8) is 0 Å². The van der Waals surface area contributed by atoms with Crippen LogP contribution >= 0.6 is 0 Å². The van der Waals surface area contributed by atoms with E-state index in [0.717, 1.165) is 30.2 Å². The van der Waals surface area contributed by atoms with Crippen LogP contribution in [-0.4, -0.2) is 40.8 Å². The van der Waals surface area contributed by atoms with E-state index in [2.05, 4.69) is 44.5 Å². The van der Waals surface area contributed by atoms with Gasteiger partial charge in [0.2, 0.25) is 0 Å². The number of hydrogen-bond donors (Lipinski definition) is 3. The summed E-state index contributed by atoms with van der Waals surface area (Å²) in [6.45, 7) is 2.64. The number of aromatic nitrogens is 2. The van der Waals surface area contributed by atoms with Crippen molar-refractivity contribution in [1.29, 1.82) is 0 Å². The third kappa shape index (κ3) is 3.39. The summed E-state index contributed by atoms with van der Waals surface area (Å²) in [6, 6.07) is 8.45. The second-order valence-corrected chi connectivity index (χ2v) is 5.46. The lowest BCUT2D eigenvalue weighted by Gasteiger charge is -2.17. The smallest absolute Gasteiger partial charge is 0.404 e. The van der Waals surface area contributed by atoms with E-state index < -0.39 is 6.09 Å². The zero-order chi connectivity index (χ0) is 15.4. The number of anilines is 1. The lowest BCUT2D eigenvalue weighted by molar-refractivity contribution is 0.194. The molecule has 6 heteroatoms. The van der Waals surface area contributed by atoms with Crippen LogP contribution in [0.25, 0.3) is 11.3 Å². The summed E-state index contributed by atoms with van der Waals surface area (Å²) in [5.74, 6) is 0.785. The molecule has 116 valence electrons. The van der Waals surface area contributed by atoms with Crippen molar-refractivity contribution < 1.29 is 9.90 Å². The van der Waals surface area contributed by atoms with Crippen LogP contribution in [0.4, 0.5) is 10.5 Å². The molecule has 1 aliphatic rings. The highest BCUT2D eigenvalue weighted by atomic mass is 16.4. The molecule has 1 aliphatic heterocycles. The number of hydrogen-bond acceptors (Lipinski definition) is 3. The fourth-order valence-corrected chi connectivity index (χ4v) is 2.74. The van der Waals surface area contributed by atoms with Crippen molar-refractivity contribution in [2.75, 3.05) is 24.5 Å². The third-order valence-corrected chi connectivity index (χ3v) is 3.90. The molecule has 1 aromatic carbocycles. The predicted octanol–water partition coefficient (Wildman–Crippen LogP) is 2.49. The van der Waals surface area contributed by atoms with Gasteiger partial charge >= 0.3 is 6.09 Å². The average molecular weight is 300 g/mol. The first-order valence-corrected chi connectivity index (χ1v) is 7.59. The normalized spacial score (nSPS) is 14.3. The van der Waals surface area contributed by atoms with Gasteiger partial charge in [0.05, 0.1) is 5.69 Å². The Morgan fingerprint density at radius 2 is 2.00 bits per heavy atom. The van der Waals surface area contributed by atoms with E-state index in [1.807, 2.05) is 6.20 Å². The van der Waals surface area contributed by atoms with Crippen LogP contribution in [0.2, 0.25) is 0 Å². The van der Waals surface area contributed by atoms with Crippen molar-refractivity contribution in [3.05, 3.63) is 36.3 Å². The van der Waals surface area contributed by atoms with Gasteiger partial charge in [-0.1, -0.05) is 12.1 Å². The van der Waals surface area contributed by atoms with Crippen molar-refractivity contribution in [1.82, 2.24) is 15.3 Å². The first-order valence-electron chi connectivity index (χ1n) is 7.59. The molecule has 0 unspecified atom stereocenters. The minimum absolute atomic E-state index is 0.357. The summed E-state index contributed by atoms with van der Waals surface area (Å²) in [7, 11) is 0. The molecule has 2 aromatic rings. The van der Waals surface area contributed by atoms with Crippen LogP contribution in [0.3, 0.4) is 0 Å². The first kappa shape index (κ1) is 14.4. The average Bonchev–Trinajstić information content (AvgIpc) is 3.19. The fraction of sp³-hybridized carbons (Fsp3) is 0.375. The Hall–Kier alpha value is -2.50. The van der Waals surface area contributed by atoms with E-state index in [1.54, 1.807) is 0 Å². The number of rotatable bonds is 5. The first-order chi connectivity index (χ1) is 10.7. The Labute approximate surface area is 129 Å². The van der Waals surface area contributed by atoms with Gasteiger partial charge in [0, 0.05) is 43.5 Å². The Morgan fingerprint density at radius 3 is 2.68 bits per heavy atom. The lowest BCUT2D eigenvalue weighted by Crippen LogP contribution is -2.23. The maximum absolute atomic E-state index is 10.4. The van der Waals surface area contributed by atoms with E-state index in [9.17, 15) is 4.79 Å². The van der Waals surface area contributed by atoms with Crippen LogP contribution in [-0.2, 0) is 6.42 Å². The molecule has 0 saturated carbocycles. The van der Waals surface area contributed by atoms with Gasteiger partial charge in [-0.05, 0) is 25.0 Å². The molecular weight excluding hydrogens is 280 g/mol. The molecule has 0 atom stereocenters. The lowest BCUT2D eigenvalue weighted by atomic mass is 10.1. The Kier molecular flexibility index (Phi) is 4.27. The molecule has 1 aromatic heterocycles. The maximum atomic E-state index is 10.4. The van der Waals surface area contributed by atoms with Crippen LogP contribution in [0.5, 0.6) is 0 Å². The number of carboxylic acid groups (broad SMARTS) is 1. The molecule has 0 aliphatic carbocycles. The minimum atomic E-state index is -1.01. The quantitative estimate of drug-likeness (QED) is 0.792. The third-order valence-electron chi connectivity index (χ3n) is 3.90. The van der Waals surface area contributed by atoms with Crippen molar-refractivity contribution in [2.45, 2.75) is 19.3 Å². The Morgan fingerprint density at radius 1 is 1.27 bits per heavy atom. The largest absolute Gasteiger partial charge is 0.465 e. The fourth-order valence-electron chi connectivity index (χ4n) is 2.74. The minimum Gasteiger partial charge on any atom is -0.465 e. The van der Waals surface area contributed by atoms with E-state index in [1.165, 1.54) is 18.5 Å². The summed E-state index contributed by atoms with van der Waals surface area (Å²) < 4.78 is 0. The standard InChI is InChI=1S/C16H20N4O2/c21-16(22)17-8-7-15-18-11-14(19-15)12-3-5-13(6-4-12)20-9-1-2-10-20/h3-6,11,17H,1-2,7-10H2,(H,18,19)(H,21,22). The summed E-state index contributed by atoms with van der Waals surface area (Å²) in [4.78, 5) is 20.4. The highest BCUT2D eigenvalue weighted by molar-refractivity contribution is 5.64. The SMILES string of the molecule is O=C(O)NCCc1nc(-c2ccc(N3CCCC3)cc2)c[nH]1.